The molecule has 0 spiro atoms. The summed E-state index contributed by atoms with van der Waals surface area (Å²) in [6.45, 7) is 3.48. The number of carbonyl (C=O) groups is 3. The summed E-state index contributed by atoms with van der Waals surface area (Å²) in [5.74, 6) is 0.392. The van der Waals surface area contributed by atoms with Crippen LogP contribution in [0.4, 0.5) is 0 Å². The van der Waals surface area contributed by atoms with Crippen molar-refractivity contribution in [1.29, 1.82) is 0 Å². The summed E-state index contributed by atoms with van der Waals surface area (Å²) in [4.78, 5) is 36.3. The van der Waals surface area contributed by atoms with E-state index in [0.29, 0.717) is 43.5 Å². The van der Waals surface area contributed by atoms with Crippen LogP contribution in [0.3, 0.4) is 0 Å². The minimum absolute atomic E-state index is 0.00289. The van der Waals surface area contributed by atoms with E-state index in [1.807, 2.05) is 55.5 Å². The zero-order chi connectivity index (χ0) is 24.4. The molecule has 1 unspecified atom stereocenters. The molecular weight excluding hydrogens is 424 g/mol. The van der Waals surface area contributed by atoms with Gasteiger partial charge in [-0.15, -0.1) is 0 Å². The number of Topliss-reactive ketones (excluding diaryl/α,β-unsaturated/α-hetero) is 2. The molecule has 5 nitrogen and oxygen atoms in total. The van der Waals surface area contributed by atoms with Crippen molar-refractivity contribution in [1.82, 2.24) is 10.6 Å². The number of hydrogen-bond donors (Lipinski definition) is 2. The first-order chi connectivity index (χ1) is 16.6. The minimum atomic E-state index is -0.00289. The monoisotopic (exact) mass is 464 g/mol. The first kappa shape index (κ1) is 27.5. The summed E-state index contributed by atoms with van der Waals surface area (Å²) in [6, 6.07) is 19.6. The molecule has 0 fully saturated rings. The van der Waals surface area contributed by atoms with Crippen LogP contribution in [0.2, 0.25) is 0 Å². The lowest BCUT2D eigenvalue weighted by Gasteiger charge is -2.20. The highest BCUT2D eigenvalue weighted by Gasteiger charge is 2.13. The fourth-order valence-corrected chi connectivity index (χ4v) is 3.92. The van der Waals surface area contributed by atoms with Crippen LogP contribution in [0, 0.1) is 0 Å². The number of amides is 1. The molecule has 0 aromatic heterocycles. The SMILES string of the molecule is CCC(=O)CCCCCC(CNCCc1ccccc1)NC(=O)CCCC(=O)c1ccccc1. The van der Waals surface area contributed by atoms with Crippen molar-refractivity contribution in [2.75, 3.05) is 13.1 Å². The molecule has 0 aliphatic rings. The van der Waals surface area contributed by atoms with Gasteiger partial charge < -0.3 is 10.6 Å². The highest BCUT2D eigenvalue weighted by Crippen LogP contribution is 2.09. The van der Waals surface area contributed by atoms with E-state index in [2.05, 4.69) is 22.8 Å². The van der Waals surface area contributed by atoms with Crippen molar-refractivity contribution >= 4 is 17.5 Å². The first-order valence-corrected chi connectivity index (χ1v) is 12.7. The lowest BCUT2D eigenvalue weighted by atomic mass is 10.0. The standard InChI is InChI=1S/C29H40N2O3/c1-2-27(32)18-11-5-10-17-26(23-30-22-21-24-13-6-3-7-14-24)31-29(34)20-12-19-28(33)25-15-8-4-9-16-25/h3-4,6-9,13-16,26,30H,2,5,10-12,17-23H2,1H3,(H,31,34). The number of unbranched alkanes of at least 4 members (excludes halogenated alkanes) is 2. The molecule has 0 saturated carbocycles. The quantitative estimate of drug-likeness (QED) is 0.232. The van der Waals surface area contributed by atoms with Gasteiger partial charge >= 0.3 is 0 Å². The summed E-state index contributed by atoms with van der Waals surface area (Å²) < 4.78 is 0. The lowest BCUT2D eigenvalue weighted by molar-refractivity contribution is -0.122. The van der Waals surface area contributed by atoms with Gasteiger partial charge in [-0.25, -0.2) is 0 Å². The van der Waals surface area contributed by atoms with Crippen molar-refractivity contribution in [3.63, 3.8) is 0 Å². The zero-order valence-electron chi connectivity index (χ0n) is 20.6. The van der Waals surface area contributed by atoms with Crippen molar-refractivity contribution in [3.8, 4) is 0 Å². The molecule has 34 heavy (non-hydrogen) atoms. The summed E-state index contributed by atoms with van der Waals surface area (Å²) in [6.07, 6.45) is 7.25. The van der Waals surface area contributed by atoms with Gasteiger partial charge in [0.25, 0.3) is 0 Å². The third-order valence-corrected chi connectivity index (χ3v) is 6.00. The molecule has 0 heterocycles. The van der Waals surface area contributed by atoms with Crippen LogP contribution in [-0.4, -0.2) is 36.6 Å². The average Bonchev–Trinajstić information content (AvgIpc) is 2.87. The Labute approximate surface area is 204 Å². The highest BCUT2D eigenvalue weighted by atomic mass is 16.2. The van der Waals surface area contributed by atoms with E-state index in [1.165, 1.54) is 5.56 Å². The smallest absolute Gasteiger partial charge is 0.220 e. The topological polar surface area (TPSA) is 75.3 Å². The molecule has 0 aliphatic carbocycles. The number of ketones is 2. The third kappa shape index (κ3) is 11.9. The van der Waals surface area contributed by atoms with Crippen LogP contribution in [0.25, 0.3) is 0 Å². The zero-order valence-corrected chi connectivity index (χ0v) is 20.6. The molecule has 1 atom stereocenters. The number of hydrogen-bond acceptors (Lipinski definition) is 4. The van der Waals surface area contributed by atoms with Crippen molar-refractivity contribution < 1.29 is 14.4 Å². The Morgan fingerprint density at radius 1 is 0.794 bits per heavy atom. The molecule has 2 aromatic carbocycles. The molecule has 2 N–H and O–H groups in total. The lowest BCUT2D eigenvalue weighted by Crippen LogP contribution is -2.42. The van der Waals surface area contributed by atoms with Crippen LogP contribution in [0.5, 0.6) is 0 Å². The van der Waals surface area contributed by atoms with Crippen LogP contribution in [-0.2, 0) is 16.0 Å². The Kier molecular flexibility index (Phi) is 13.5. The molecule has 2 aromatic rings. The Balaban J connectivity index is 1.72. The fourth-order valence-electron chi connectivity index (χ4n) is 3.92. The van der Waals surface area contributed by atoms with Gasteiger partial charge in [-0.1, -0.05) is 80.4 Å². The first-order valence-electron chi connectivity index (χ1n) is 12.7. The van der Waals surface area contributed by atoms with Gasteiger partial charge in [-0.3, -0.25) is 14.4 Å². The molecule has 0 aliphatic heterocycles. The van der Waals surface area contributed by atoms with Crippen LogP contribution >= 0.6 is 0 Å². The van der Waals surface area contributed by atoms with Gasteiger partial charge in [0.05, 0.1) is 0 Å². The highest BCUT2D eigenvalue weighted by molar-refractivity contribution is 5.96. The van der Waals surface area contributed by atoms with E-state index in [0.717, 1.165) is 45.2 Å². The van der Waals surface area contributed by atoms with Gasteiger partial charge in [0.1, 0.15) is 5.78 Å². The van der Waals surface area contributed by atoms with Crippen LogP contribution < -0.4 is 10.6 Å². The summed E-state index contributed by atoms with van der Waals surface area (Å²) in [7, 11) is 0. The van der Waals surface area contributed by atoms with Gasteiger partial charge in [-0.05, 0) is 37.8 Å². The molecule has 5 heteroatoms. The second-order valence-corrected chi connectivity index (χ2v) is 8.84. The van der Waals surface area contributed by atoms with E-state index in [-0.39, 0.29) is 17.7 Å². The third-order valence-electron chi connectivity index (χ3n) is 6.00. The molecular formula is C29H40N2O3. The van der Waals surface area contributed by atoms with E-state index < -0.39 is 0 Å². The number of benzene rings is 2. The Morgan fingerprint density at radius 2 is 1.50 bits per heavy atom. The van der Waals surface area contributed by atoms with Crippen molar-refractivity contribution in [2.24, 2.45) is 0 Å². The van der Waals surface area contributed by atoms with E-state index in [4.69, 9.17) is 0 Å². The minimum Gasteiger partial charge on any atom is -0.352 e. The largest absolute Gasteiger partial charge is 0.352 e. The maximum absolute atomic E-state index is 12.5. The predicted octanol–water partition coefficient (Wildman–Crippen LogP) is 5.29. The van der Waals surface area contributed by atoms with Gasteiger partial charge in [0.15, 0.2) is 5.78 Å². The fraction of sp³-hybridized carbons (Fsp3) is 0.483. The summed E-state index contributed by atoms with van der Waals surface area (Å²) >= 11 is 0. The van der Waals surface area contributed by atoms with Gasteiger partial charge in [-0.2, -0.15) is 0 Å². The van der Waals surface area contributed by atoms with Crippen molar-refractivity contribution in [2.45, 2.75) is 77.2 Å². The molecule has 0 radical (unpaired) electrons. The second kappa shape index (κ2) is 16.8. The second-order valence-electron chi connectivity index (χ2n) is 8.84. The Hall–Kier alpha value is -2.79. The van der Waals surface area contributed by atoms with Crippen molar-refractivity contribution in [3.05, 3.63) is 71.8 Å². The molecule has 0 saturated heterocycles. The summed E-state index contributed by atoms with van der Waals surface area (Å²) in [5.41, 5.74) is 1.99. The van der Waals surface area contributed by atoms with Crippen LogP contribution in [0.15, 0.2) is 60.7 Å². The molecule has 0 bridgehead atoms. The Bertz CT molecular complexity index is 852. The van der Waals surface area contributed by atoms with Crippen LogP contribution in [0.1, 0.15) is 80.6 Å². The van der Waals surface area contributed by atoms with E-state index in [9.17, 15) is 14.4 Å². The Morgan fingerprint density at radius 3 is 2.21 bits per heavy atom. The van der Waals surface area contributed by atoms with E-state index in [1.54, 1.807) is 0 Å². The predicted molar refractivity (Wildman–Crippen MR) is 138 cm³/mol. The molecule has 184 valence electrons. The number of rotatable bonds is 18. The number of nitrogens with one attached hydrogen (secondary N) is 2. The normalized spacial score (nSPS) is 11.7. The van der Waals surface area contributed by atoms with E-state index >= 15 is 0 Å². The maximum Gasteiger partial charge on any atom is 0.220 e. The maximum atomic E-state index is 12.5. The molecule has 1 amide bonds. The average molecular weight is 465 g/mol. The molecule has 2 rings (SSSR count). The van der Waals surface area contributed by atoms with Gasteiger partial charge in [0, 0.05) is 43.8 Å². The van der Waals surface area contributed by atoms with Gasteiger partial charge in [0.2, 0.25) is 5.91 Å². The summed E-state index contributed by atoms with van der Waals surface area (Å²) in [5, 5.41) is 6.64. The number of carbonyl (C=O) groups excluding carboxylic acids is 3.